The van der Waals surface area contributed by atoms with Gasteiger partial charge in [-0.25, -0.2) is 24.3 Å². The normalized spacial score (nSPS) is 8.07. The zero-order chi connectivity index (χ0) is 10.2. The second-order valence-corrected chi connectivity index (χ2v) is 2.67. The maximum atomic E-state index is 7.17. The third-order valence-corrected chi connectivity index (χ3v) is 1.68. The van der Waals surface area contributed by atoms with E-state index in [0.29, 0.717) is 0 Å². The summed E-state index contributed by atoms with van der Waals surface area (Å²) in [6.07, 6.45) is 0. The van der Waals surface area contributed by atoms with Gasteiger partial charge in [0.15, 0.2) is 5.90 Å². The first-order chi connectivity index (χ1) is 6.84. The molecule has 2 aromatic carbocycles. The molecule has 0 aliphatic rings. The van der Waals surface area contributed by atoms with Crippen LogP contribution in [0.15, 0.2) is 54.6 Å². The van der Waals surface area contributed by atoms with Gasteiger partial charge in [0, 0.05) is 0 Å². The van der Waals surface area contributed by atoms with E-state index in [0.717, 1.165) is 5.56 Å². The molecule has 2 aromatic rings. The molecule has 0 heterocycles. The Bertz CT molecular complexity index is 320. The van der Waals surface area contributed by atoms with Gasteiger partial charge in [-0.1, -0.05) is 5.56 Å². The van der Waals surface area contributed by atoms with Crippen molar-refractivity contribution in [3.63, 3.8) is 0 Å². The zero-order valence-electron chi connectivity index (χ0n) is 8.46. The van der Waals surface area contributed by atoms with Crippen LogP contribution in [-0.4, -0.2) is 13.0 Å². The smallest absolute Gasteiger partial charge is 0.491 e. The molecule has 0 fully saturated rings. The molecule has 0 aliphatic carbocycles. The van der Waals surface area contributed by atoms with Crippen LogP contribution in [-0.2, 0) is 21.8 Å². The summed E-state index contributed by atoms with van der Waals surface area (Å²) >= 11 is 0. The third-order valence-electron chi connectivity index (χ3n) is 1.68. The van der Waals surface area contributed by atoms with Crippen LogP contribution >= 0.6 is 0 Å². The average molecular weight is 243 g/mol. The minimum atomic E-state index is 0. The van der Waals surface area contributed by atoms with Crippen LogP contribution in [0.25, 0.3) is 0 Å². The molecule has 0 aromatic heterocycles. The van der Waals surface area contributed by atoms with Crippen molar-refractivity contribution in [3.05, 3.63) is 60.2 Å². The first-order valence-electron chi connectivity index (χ1n) is 4.36. The van der Waals surface area contributed by atoms with Crippen LogP contribution in [0, 0.1) is 5.41 Å². The van der Waals surface area contributed by atoms with Gasteiger partial charge in [0.25, 0.3) is 0 Å². The van der Waals surface area contributed by atoms with E-state index in [1.54, 1.807) is 0 Å². The predicted octanol–water partition coefficient (Wildman–Crippen LogP) is 2.78. The minimum Gasteiger partial charge on any atom is -0.491 e. The summed E-state index contributed by atoms with van der Waals surface area (Å²) in [5.41, 5.74) is 0.831. The molecule has 0 radical (unpaired) electrons. The van der Waals surface area contributed by atoms with Gasteiger partial charge in [-0.05, 0) is 0 Å². The monoisotopic (exact) mass is 243 g/mol. The fourth-order valence-electron chi connectivity index (χ4n) is 0.964. The van der Waals surface area contributed by atoms with Crippen molar-refractivity contribution in [2.24, 2.45) is 0 Å². The van der Waals surface area contributed by atoms with E-state index in [9.17, 15) is 0 Å². The fraction of sp³-hybridized carbons (Fsp3) is 0.0833. The van der Waals surface area contributed by atoms with E-state index in [1.165, 1.54) is 7.11 Å². The molecular weight excluding hydrogens is 230 g/mol. The molecule has 1 N–H and O–H groups in total. The molecule has 0 bridgehead atoms. The summed E-state index contributed by atoms with van der Waals surface area (Å²) in [6.45, 7) is 0. The molecule has 0 saturated carbocycles. The Balaban J connectivity index is 0.000000280. The van der Waals surface area contributed by atoms with Crippen LogP contribution < -0.4 is 0 Å². The maximum Gasteiger partial charge on any atom is 2.00 e. The molecular formula is C12H13FeNO. The van der Waals surface area contributed by atoms with Gasteiger partial charge in [-0.2, -0.15) is 30.3 Å². The summed E-state index contributed by atoms with van der Waals surface area (Å²) in [4.78, 5) is 0. The molecule has 0 spiro atoms. The average Bonchev–Trinajstić information content (AvgIpc) is 2.91. The molecule has 0 atom stereocenters. The van der Waals surface area contributed by atoms with Gasteiger partial charge in [0.2, 0.25) is 0 Å². The largest absolute Gasteiger partial charge is 2.00 e. The topological polar surface area (TPSA) is 33.1 Å². The predicted molar refractivity (Wildman–Crippen MR) is 57.9 cm³/mol. The number of rotatable bonds is 1. The molecule has 2 rings (SSSR count). The Labute approximate surface area is 101 Å². The fourth-order valence-corrected chi connectivity index (χ4v) is 0.964. The zero-order valence-corrected chi connectivity index (χ0v) is 9.56. The minimum absolute atomic E-state index is 0. The van der Waals surface area contributed by atoms with Gasteiger partial charge in [-0.15, -0.1) is 0 Å². The van der Waals surface area contributed by atoms with E-state index in [4.69, 9.17) is 5.41 Å². The summed E-state index contributed by atoms with van der Waals surface area (Å²) in [7, 11) is 1.50. The van der Waals surface area contributed by atoms with E-state index in [2.05, 4.69) is 4.74 Å². The number of hydrogen-bond donors (Lipinski definition) is 1. The van der Waals surface area contributed by atoms with E-state index < -0.39 is 0 Å². The number of hydrogen-bond acceptors (Lipinski definition) is 2. The quantitative estimate of drug-likeness (QED) is 0.355. The Kier molecular flexibility index (Phi) is 7.33. The Morgan fingerprint density at radius 1 is 1.13 bits per heavy atom. The van der Waals surface area contributed by atoms with Crippen LogP contribution in [0.4, 0.5) is 0 Å². The Morgan fingerprint density at radius 2 is 1.67 bits per heavy atom. The van der Waals surface area contributed by atoms with Crippen molar-refractivity contribution in [3.8, 4) is 0 Å². The standard InChI is InChI=1S/C7H8NO.C5H5.Fe/c1-9-7(8)6-4-2-3-5-6;1-2-4-5-3-1;/h2-5,8H,1H3;1-5H;/q2*-1;+2. The summed E-state index contributed by atoms with van der Waals surface area (Å²) in [6, 6.07) is 17.4. The molecule has 15 heavy (non-hydrogen) atoms. The van der Waals surface area contributed by atoms with Crippen LogP contribution in [0.2, 0.25) is 0 Å². The van der Waals surface area contributed by atoms with Crippen LogP contribution in [0.1, 0.15) is 5.56 Å². The van der Waals surface area contributed by atoms with Crippen LogP contribution in [0.3, 0.4) is 0 Å². The summed E-state index contributed by atoms with van der Waals surface area (Å²) in [5, 5.41) is 7.17. The molecule has 3 heteroatoms. The van der Waals surface area contributed by atoms with Gasteiger partial charge in [0.05, 0.1) is 7.11 Å². The van der Waals surface area contributed by atoms with Gasteiger partial charge < -0.3 is 4.74 Å². The SMILES string of the molecule is COC(=N)[c-]1cccc1.[Fe+2].c1cc[cH-]c1. The van der Waals surface area contributed by atoms with Gasteiger partial charge in [-0.3, -0.25) is 5.41 Å². The first kappa shape index (κ1) is 13.7. The van der Waals surface area contributed by atoms with Crippen molar-refractivity contribution >= 4 is 5.90 Å². The molecule has 0 unspecified atom stereocenters. The molecule has 2 nitrogen and oxygen atoms in total. The van der Waals surface area contributed by atoms with Crippen molar-refractivity contribution in [2.45, 2.75) is 0 Å². The van der Waals surface area contributed by atoms with Crippen LogP contribution in [0.5, 0.6) is 0 Å². The number of ether oxygens (including phenoxy) is 1. The van der Waals surface area contributed by atoms with Crippen molar-refractivity contribution in [2.75, 3.05) is 7.11 Å². The summed E-state index contributed by atoms with van der Waals surface area (Å²) in [5.74, 6) is 0.222. The van der Waals surface area contributed by atoms with Gasteiger partial charge >= 0.3 is 17.1 Å². The number of methoxy groups -OCH3 is 1. The second kappa shape index (κ2) is 8.04. The second-order valence-electron chi connectivity index (χ2n) is 2.67. The van der Waals surface area contributed by atoms with Crippen molar-refractivity contribution < 1.29 is 21.8 Å². The first-order valence-corrected chi connectivity index (χ1v) is 4.36. The summed E-state index contributed by atoms with van der Waals surface area (Å²) < 4.78 is 4.68. The third kappa shape index (κ3) is 5.21. The molecule has 0 aliphatic heterocycles. The molecule has 0 amide bonds. The molecule has 0 saturated heterocycles. The Morgan fingerprint density at radius 3 is 2.00 bits per heavy atom. The van der Waals surface area contributed by atoms with E-state index in [-0.39, 0.29) is 23.0 Å². The van der Waals surface area contributed by atoms with Gasteiger partial charge in [0.1, 0.15) is 0 Å². The van der Waals surface area contributed by atoms with Crippen molar-refractivity contribution in [1.82, 2.24) is 0 Å². The Hall–Kier alpha value is -1.31. The van der Waals surface area contributed by atoms with E-state index in [1.807, 2.05) is 54.6 Å². The maximum absolute atomic E-state index is 7.17. The number of nitrogens with one attached hydrogen (secondary N) is 1. The van der Waals surface area contributed by atoms with Crippen molar-refractivity contribution in [1.29, 1.82) is 5.41 Å². The molecule has 80 valence electrons. The van der Waals surface area contributed by atoms with E-state index >= 15 is 0 Å².